The van der Waals surface area contributed by atoms with Crippen molar-refractivity contribution in [1.29, 1.82) is 0 Å². The summed E-state index contributed by atoms with van der Waals surface area (Å²) in [7, 11) is 4.79. The average molecular weight is 489 g/mol. The monoisotopic (exact) mass is 488 g/mol. The maximum absolute atomic E-state index is 13.7. The van der Waals surface area contributed by atoms with E-state index in [1.54, 1.807) is 31.1 Å². The van der Waals surface area contributed by atoms with Gasteiger partial charge in [0, 0.05) is 13.1 Å². The second-order valence-corrected chi connectivity index (χ2v) is 8.70. The first-order valence-electron chi connectivity index (χ1n) is 12.0. The number of hydrogen-bond acceptors (Lipinski definition) is 5. The molecule has 0 saturated carbocycles. The number of carbonyl (C=O) groups is 2. The van der Waals surface area contributed by atoms with Crippen LogP contribution in [0.15, 0.2) is 72.8 Å². The van der Waals surface area contributed by atoms with Gasteiger partial charge < -0.3 is 24.0 Å². The summed E-state index contributed by atoms with van der Waals surface area (Å²) >= 11 is 0. The summed E-state index contributed by atoms with van der Waals surface area (Å²) in [5.74, 6) is 1.85. The molecule has 1 atom stereocenters. The molecule has 2 amide bonds. The Morgan fingerprint density at radius 1 is 0.750 bits per heavy atom. The molecule has 1 heterocycles. The van der Waals surface area contributed by atoms with Gasteiger partial charge in [-0.25, -0.2) is 0 Å². The van der Waals surface area contributed by atoms with Crippen molar-refractivity contribution in [3.05, 3.63) is 89.5 Å². The standard InChI is InChI=1S/C29H32N2O5/c1-34-24-12-10-23(11-13-24)28-29(33)30(17-15-21-7-5-4-6-8-21)20-27(32)31(28)18-16-22-9-14-25(35-2)26(19-22)36-3/h4-14,19,28H,15-18,20H2,1-3H3/t28-/m0/s1. The maximum atomic E-state index is 13.7. The van der Waals surface area contributed by atoms with E-state index < -0.39 is 6.04 Å². The molecule has 0 aliphatic carbocycles. The van der Waals surface area contributed by atoms with E-state index in [4.69, 9.17) is 14.2 Å². The zero-order valence-electron chi connectivity index (χ0n) is 21.0. The lowest BCUT2D eigenvalue weighted by molar-refractivity contribution is -0.156. The molecular formula is C29H32N2O5. The molecule has 1 fully saturated rings. The second kappa shape index (κ2) is 11.6. The van der Waals surface area contributed by atoms with Gasteiger partial charge in [-0.1, -0.05) is 48.5 Å². The highest BCUT2D eigenvalue weighted by Gasteiger charge is 2.39. The van der Waals surface area contributed by atoms with Gasteiger partial charge in [0.15, 0.2) is 11.5 Å². The van der Waals surface area contributed by atoms with Crippen molar-refractivity contribution in [2.75, 3.05) is 41.0 Å². The lowest BCUT2D eigenvalue weighted by Crippen LogP contribution is -2.56. The molecule has 36 heavy (non-hydrogen) atoms. The van der Waals surface area contributed by atoms with Crippen LogP contribution in [0.4, 0.5) is 0 Å². The van der Waals surface area contributed by atoms with E-state index in [2.05, 4.69) is 0 Å². The first-order valence-corrected chi connectivity index (χ1v) is 12.0. The molecule has 1 aliphatic heterocycles. The molecule has 0 radical (unpaired) electrons. The Balaban J connectivity index is 1.56. The minimum Gasteiger partial charge on any atom is -0.497 e. The molecule has 3 aromatic carbocycles. The third-order valence-electron chi connectivity index (χ3n) is 6.54. The van der Waals surface area contributed by atoms with Crippen LogP contribution >= 0.6 is 0 Å². The second-order valence-electron chi connectivity index (χ2n) is 8.70. The van der Waals surface area contributed by atoms with Crippen molar-refractivity contribution in [2.45, 2.75) is 18.9 Å². The molecule has 4 rings (SSSR count). The first-order chi connectivity index (χ1) is 17.5. The number of ether oxygens (including phenoxy) is 3. The molecular weight excluding hydrogens is 456 g/mol. The molecule has 0 aromatic heterocycles. The van der Waals surface area contributed by atoms with Gasteiger partial charge in [0.25, 0.3) is 0 Å². The summed E-state index contributed by atoms with van der Waals surface area (Å²) in [6, 6.07) is 22.4. The molecule has 7 nitrogen and oxygen atoms in total. The largest absolute Gasteiger partial charge is 0.497 e. The van der Waals surface area contributed by atoms with Crippen LogP contribution in [0.2, 0.25) is 0 Å². The van der Waals surface area contributed by atoms with Crippen LogP contribution in [0.3, 0.4) is 0 Å². The highest BCUT2D eigenvalue weighted by Crippen LogP contribution is 2.31. The normalized spacial score (nSPS) is 15.7. The van der Waals surface area contributed by atoms with Gasteiger partial charge in [0.05, 0.1) is 27.9 Å². The molecule has 3 aromatic rings. The molecule has 0 spiro atoms. The van der Waals surface area contributed by atoms with Crippen molar-refractivity contribution in [3.8, 4) is 17.2 Å². The van der Waals surface area contributed by atoms with Gasteiger partial charge >= 0.3 is 0 Å². The quantitative estimate of drug-likeness (QED) is 0.433. The summed E-state index contributed by atoms with van der Waals surface area (Å²) in [4.78, 5) is 30.5. The van der Waals surface area contributed by atoms with Crippen molar-refractivity contribution in [1.82, 2.24) is 9.80 Å². The minimum atomic E-state index is -0.687. The summed E-state index contributed by atoms with van der Waals surface area (Å²) in [6.45, 7) is 0.971. The SMILES string of the molecule is COc1ccc([C@H]2C(=O)N(CCc3ccccc3)CC(=O)N2CCc2ccc(OC)c(OC)c2)cc1. The van der Waals surface area contributed by atoms with E-state index in [9.17, 15) is 9.59 Å². The van der Waals surface area contributed by atoms with Gasteiger partial charge in [0.2, 0.25) is 11.8 Å². The molecule has 0 unspecified atom stereocenters. The van der Waals surface area contributed by atoms with Crippen LogP contribution in [-0.2, 0) is 22.4 Å². The highest BCUT2D eigenvalue weighted by atomic mass is 16.5. The smallest absolute Gasteiger partial charge is 0.250 e. The van der Waals surface area contributed by atoms with Gasteiger partial charge in [-0.05, 0) is 53.8 Å². The first kappa shape index (κ1) is 25.1. The third kappa shape index (κ3) is 5.62. The average Bonchev–Trinajstić information content (AvgIpc) is 2.92. The number of amides is 2. The zero-order chi connectivity index (χ0) is 25.5. The van der Waals surface area contributed by atoms with E-state index in [1.807, 2.05) is 72.8 Å². The van der Waals surface area contributed by atoms with Crippen molar-refractivity contribution < 1.29 is 23.8 Å². The van der Waals surface area contributed by atoms with E-state index in [-0.39, 0.29) is 18.4 Å². The number of methoxy groups -OCH3 is 3. The maximum Gasteiger partial charge on any atom is 0.250 e. The Kier molecular flexibility index (Phi) is 8.10. The Bertz CT molecular complexity index is 1180. The summed E-state index contributed by atoms with van der Waals surface area (Å²) in [5, 5.41) is 0. The summed E-state index contributed by atoms with van der Waals surface area (Å²) < 4.78 is 16.0. The zero-order valence-corrected chi connectivity index (χ0v) is 21.0. The van der Waals surface area contributed by atoms with E-state index >= 15 is 0 Å². The highest BCUT2D eigenvalue weighted by molar-refractivity contribution is 5.95. The fraction of sp³-hybridized carbons (Fsp3) is 0.310. The predicted octanol–water partition coefficient (Wildman–Crippen LogP) is 3.91. The van der Waals surface area contributed by atoms with Crippen LogP contribution < -0.4 is 14.2 Å². The van der Waals surface area contributed by atoms with Crippen molar-refractivity contribution >= 4 is 11.8 Å². The van der Waals surface area contributed by atoms with Crippen molar-refractivity contribution in [2.24, 2.45) is 0 Å². The Hall–Kier alpha value is -4.00. The number of piperazine rings is 1. The van der Waals surface area contributed by atoms with Gasteiger partial charge in [0.1, 0.15) is 11.8 Å². The van der Waals surface area contributed by atoms with Gasteiger partial charge in [-0.3, -0.25) is 9.59 Å². The number of rotatable bonds is 10. The minimum absolute atomic E-state index is 0.0658. The van der Waals surface area contributed by atoms with Crippen molar-refractivity contribution in [3.63, 3.8) is 0 Å². The molecule has 188 valence electrons. The van der Waals surface area contributed by atoms with Crippen LogP contribution in [0.5, 0.6) is 17.2 Å². The molecule has 7 heteroatoms. The lowest BCUT2D eigenvalue weighted by Gasteiger charge is -2.40. The number of benzene rings is 3. The van der Waals surface area contributed by atoms with E-state index in [0.29, 0.717) is 43.2 Å². The van der Waals surface area contributed by atoms with Crippen LogP contribution in [0, 0.1) is 0 Å². The molecule has 1 aliphatic rings. The van der Waals surface area contributed by atoms with Gasteiger partial charge in [-0.15, -0.1) is 0 Å². The fourth-order valence-corrected chi connectivity index (χ4v) is 4.53. The fourth-order valence-electron chi connectivity index (χ4n) is 4.53. The number of carbonyl (C=O) groups excluding carboxylic acids is 2. The number of nitrogens with zero attached hydrogens (tertiary/aromatic N) is 2. The Labute approximate surface area is 212 Å². The molecule has 1 saturated heterocycles. The Morgan fingerprint density at radius 2 is 1.44 bits per heavy atom. The van der Waals surface area contributed by atoms with Crippen LogP contribution in [0.25, 0.3) is 0 Å². The molecule has 0 bridgehead atoms. The topological polar surface area (TPSA) is 68.3 Å². The number of hydrogen-bond donors (Lipinski definition) is 0. The lowest BCUT2D eigenvalue weighted by atomic mass is 9.99. The summed E-state index contributed by atoms with van der Waals surface area (Å²) in [6.07, 6.45) is 1.27. The van der Waals surface area contributed by atoms with Gasteiger partial charge in [-0.2, -0.15) is 0 Å². The van der Waals surface area contributed by atoms with E-state index in [0.717, 1.165) is 16.7 Å². The van der Waals surface area contributed by atoms with Crippen LogP contribution in [0.1, 0.15) is 22.7 Å². The molecule has 0 N–H and O–H groups in total. The van der Waals surface area contributed by atoms with Crippen LogP contribution in [-0.4, -0.2) is 62.6 Å². The third-order valence-corrected chi connectivity index (χ3v) is 6.54. The predicted molar refractivity (Wildman–Crippen MR) is 137 cm³/mol. The summed E-state index contributed by atoms with van der Waals surface area (Å²) in [5.41, 5.74) is 2.90. The Morgan fingerprint density at radius 3 is 2.11 bits per heavy atom. The van der Waals surface area contributed by atoms with E-state index in [1.165, 1.54) is 0 Å².